The van der Waals surface area contributed by atoms with Crippen molar-refractivity contribution < 1.29 is 19.8 Å². The van der Waals surface area contributed by atoms with Crippen molar-refractivity contribution in [2.24, 2.45) is 0 Å². The van der Waals surface area contributed by atoms with Crippen LogP contribution in [0.1, 0.15) is 0 Å². The molecule has 0 spiro atoms. The molecule has 8 nitrogen and oxygen atoms in total. The summed E-state index contributed by atoms with van der Waals surface area (Å²) in [7, 11) is 0. The third-order valence-corrected chi connectivity index (χ3v) is 5.31. The molecule has 0 amide bonds. The fourth-order valence-corrected chi connectivity index (χ4v) is 3.72. The van der Waals surface area contributed by atoms with E-state index in [0.29, 0.717) is 18.7 Å². The molecule has 174 valence electrons. The summed E-state index contributed by atoms with van der Waals surface area (Å²) in [4.78, 5) is 35.6. The van der Waals surface area contributed by atoms with E-state index in [4.69, 9.17) is 16.6 Å². The van der Waals surface area contributed by atoms with Crippen LogP contribution in [-0.4, -0.2) is 64.2 Å². The molecule has 1 saturated heterocycles. The van der Waals surface area contributed by atoms with Gasteiger partial charge in [-0.15, -0.1) is 6.42 Å². The van der Waals surface area contributed by atoms with Crippen LogP contribution in [0.25, 0.3) is 16.6 Å². The highest BCUT2D eigenvalue weighted by atomic mass is 16.4. The maximum atomic E-state index is 11.9. The van der Waals surface area contributed by atoms with Crippen LogP contribution in [0.4, 0.5) is 5.82 Å². The van der Waals surface area contributed by atoms with Crippen LogP contribution >= 0.6 is 0 Å². The Morgan fingerprint density at radius 1 is 0.941 bits per heavy atom. The second-order valence-electron chi connectivity index (χ2n) is 7.57. The molecule has 8 heteroatoms. The minimum absolute atomic E-state index is 0.0116. The summed E-state index contributed by atoms with van der Waals surface area (Å²) < 4.78 is 2.13. The second-order valence-corrected chi connectivity index (χ2v) is 7.57. The predicted octanol–water partition coefficient (Wildman–Crippen LogP) is 2.43. The lowest BCUT2D eigenvalue weighted by atomic mass is 10.1. The molecule has 0 atom stereocenters. The van der Waals surface area contributed by atoms with Gasteiger partial charge < -0.3 is 19.5 Å². The number of aliphatic carboxylic acids is 2. The van der Waals surface area contributed by atoms with Crippen molar-refractivity contribution in [1.82, 2.24) is 9.30 Å². The van der Waals surface area contributed by atoms with E-state index in [1.807, 2.05) is 30.5 Å². The molecule has 3 aromatic rings. The summed E-state index contributed by atoms with van der Waals surface area (Å²) in [6, 6.07) is 17.7. The van der Waals surface area contributed by atoms with E-state index >= 15 is 0 Å². The number of carboxylic acids is 2. The van der Waals surface area contributed by atoms with Crippen LogP contribution in [0, 0.1) is 12.3 Å². The maximum Gasteiger partial charge on any atom is 0.328 e. The number of rotatable bonds is 5. The number of nitrogens with zero attached hydrogens (tertiary/aromatic N) is 3. The lowest BCUT2D eigenvalue weighted by Gasteiger charge is -2.34. The third-order valence-electron chi connectivity index (χ3n) is 5.31. The van der Waals surface area contributed by atoms with Gasteiger partial charge in [0.2, 0.25) is 0 Å². The molecule has 0 unspecified atom stereocenters. The summed E-state index contributed by atoms with van der Waals surface area (Å²) in [5.41, 5.74) is 3.35. The molecule has 1 aromatic carbocycles. The van der Waals surface area contributed by atoms with Gasteiger partial charge in [0, 0.05) is 56.2 Å². The van der Waals surface area contributed by atoms with Gasteiger partial charge in [-0.1, -0.05) is 36.3 Å². The number of benzene rings is 1. The van der Waals surface area contributed by atoms with E-state index in [1.165, 1.54) is 0 Å². The number of carbonyl (C=O) groups is 2. The van der Waals surface area contributed by atoms with Crippen molar-refractivity contribution in [3.8, 4) is 23.5 Å². The zero-order chi connectivity index (χ0) is 24.5. The maximum absolute atomic E-state index is 11.9. The van der Waals surface area contributed by atoms with Crippen molar-refractivity contribution in [3.63, 3.8) is 0 Å². The standard InChI is InChI=1S/C22H21N3O.C4H4O4/c1-2-11-23-13-15-24(16-14-23)22-17-20(18-6-4-3-5-7-18)21-9-8-19(26)10-12-25(21)22;5-3(6)1-2-4(7)8/h1,3-10,12,17H,11,13-16H2;1-2H,(H,5,6)(H,7,8)/b;2-1+. The number of fused-ring (bicyclic) bond motifs is 1. The molecular weight excluding hydrogens is 434 g/mol. The normalized spacial score (nSPS) is 13.8. The fraction of sp³-hybridized carbons (Fsp3) is 0.192. The highest BCUT2D eigenvalue weighted by Crippen LogP contribution is 2.32. The van der Waals surface area contributed by atoms with Gasteiger partial charge in [0.25, 0.3) is 0 Å². The molecule has 3 heterocycles. The Kier molecular flexibility index (Phi) is 8.21. The first-order valence-electron chi connectivity index (χ1n) is 10.6. The number of anilines is 1. The number of carboxylic acid groups (broad SMARTS) is 2. The number of piperazine rings is 1. The molecule has 1 fully saturated rings. The average molecular weight is 460 g/mol. The average Bonchev–Trinajstić information content (AvgIpc) is 3.09. The molecule has 4 rings (SSSR count). The number of hydrogen-bond donors (Lipinski definition) is 2. The van der Waals surface area contributed by atoms with Gasteiger partial charge in [-0.3, -0.25) is 9.69 Å². The minimum atomic E-state index is -1.26. The van der Waals surface area contributed by atoms with Gasteiger partial charge in [0.1, 0.15) is 5.82 Å². The molecular formula is C26H25N3O5. The monoisotopic (exact) mass is 459 g/mol. The van der Waals surface area contributed by atoms with Crippen LogP contribution in [0.15, 0.2) is 77.7 Å². The smallest absolute Gasteiger partial charge is 0.328 e. The number of hydrogen-bond acceptors (Lipinski definition) is 5. The van der Waals surface area contributed by atoms with Crippen LogP contribution in [0.5, 0.6) is 0 Å². The van der Waals surface area contributed by atoms with E-state index in [1.54, 1.807) is 12.1 Å². The van der Waals surface area contributed by atoms with Gasteiger partial charge in [-0.2, -0.15) is 0 Å². The minimum Gasteiger partial charge on any atom is -0.478 e. The lowest BCUT2D eigenvalue weighted by Crippen LogP contribution is -2.46. The van der Waals surface area contributed by atoms with Crippen LogP contribution in [-0.2, 0) is 9.59 Å². The Labute approximate surface area is 197 Å². The number of terminal acetylenes is 1. The first-order valence-corrected chi connectivity index (χ1v) is 10.6. The highest BCUT2D eigenvalue weighted by molar-refractivity contribution is 5.89. The van der Waals surface area contributed by atoms with Crippen LogP contribution in [0.2, 0.25) is 0 Å². The summed E-state index contributed by atoms with van der Waals surface area (Å²) in [5, 5.41) is 15.6. The third kappa shape index (κ3) is 6.34. The van der Waals surface area contributed by atoms with Gasteiger partial charge in [0.15, 0.2) is 5.43 Å². The Hall–Kier alpha value is -4.35. The first kappa shape index (κ1) is 24.3. The topological polar surface area (TPSA) is 103 Å². The molecule has 2 N–H and O–H groups in total. The highest BCUT2D eigenvalue weighted by Gasteiger charge is 2.20. The quantitative estimate of drug-likeness (QED) is 0.446. The molecule has 1 aliphatic rings. The molecule has 0 saturated carbocycles. The van der Waals surface area contributed by atoms with Crippen molar-refractivity contribution in [3.05, 3.63) is 83.2 Å². The summed E-state index contributed by atoms with van der Waals surface area (Å²) in [6.45, 7) is 4.44. The molecule has 2 aromatic heterocycles. The molecule has 0 bridgehead atoms. The van der Waals surface area contributed by atoms with Crippen molar-refractivity contribution in [1.29, 1.82) is 0 Å². The SMILES string of the molecule is C#CCN1CCN(c2cc(-c3ccccc3)c3ccc(=O)ccn23)CC1.O=C(O)/C=C/C(=O)O. The van der Waals surface area contributed by atoms with E-state index in [2.05, 4.69) is 38.3 Å². The summed E-state index contributed by atoms with van der Waals surface area (Å²) in [5.74, 6) is 1.33. The van der Waals surface area contributed by atoms with Gasteiger partial charge >= 0.3 is 11.9 Å². The van der Waals surface area contributed by atoms with Gasteiger partial charge in [0.05, 0.1) is 12.1 Å². The zero-order valence-corrected chi connectivity index (χ0v) is 18.5. The Morgan fingerprint density at radius 2 is 1.59 bits per heavy atom. The van der Waals surface area contributed by atoms with E-state index < -0.39 is 11.9 Å². The largest absolute Gasteiger partial charge is 0.478 e. The molecule has 0 radical (unpaired) electrons. The van der Waals surface area contributed by atoms with Crippen LogP contribution in [0.3, 0.4) is 0 Å². The first-order chi connectivity index (χ1) is 16.4. The Morgan fingerprint density at radius 3 is 2.18 bits per heavy atom. The molecule has 1 aliphatic heterocycles. The summed E-state index contributed by atoms with van der Waals surface area (Å²) in [6.07, 6.45) is 8.43. The van der Waals surface area contributed by atoms with E-state index in [9.17, 15) is 14.4 Å². The van der Waals surface area contributed by atoms with E-state index in [0.717, 1.165) is 48.6 Å². The van der Waals surface area contributed by atoms with Gasteiger partial charge in [-0.25, -0.2) is 9.59 Å². The fourth-order valence-electron chi connectivity index (χ4n) is 3.72. The second kappa shape index (κ2) is 11.5. The lowest BCUT2D eigenvalue weighted by molar-refractivity contribution is -0.134. The van der Waals surface area contributed by atoms with Crippen molar-refractivity contribution in [2.75, 3.05) is 37.6 Å². The summed E-state index contributed by atoms with van der Waals surface area (Å²) >= 11 is 0. The molecule has 34 heavy (non-hydrogen) atoms. The van der Waals surface area contributed by atoms with Crippen molar-refractivity contribution in [2.45, 2.75) is 0 Å². The zero-order valence-electron chi connectivity index (χ0n) is 18.5. The predicted molar refractivity (Wildman–Crippen MR) is 131 cm³/mol. The van der Waals surface area contributed by atoms with Gasteiger partial charge in [-0.05, 0) is 23.8 Å². The van der Waals surface area contributed by atoms with Crippen LogP contribution < -0.4 is 10.3 Å². The van der Waals surface area contributed by atoms with E-state index in [-0.39, 0.29) is 5.43 Å². The Bertz CT molecular complexity index is 1270. The Balaban J connectivity index is 0.000000350. The number of aromatic nitrogens is 1. The van der Waals surface area contributed by atoms with Crippen molar-refractivity contribution >= 4 is 23.3 Å². The molecule has 0 aliphatic carbocycles.